The molecule has 0 heterocycles. The molecule has 0 radical (unpaired) electrons. The SMILES string of the molecule is CC(=O)N(CCNC(=O)OC(C)(C)C)Cc1ccc(Cl)cc1. The van der Waals surface area contributed by atoms with Crippen LogP contribution in [0, 0.1) is 0 Å². The third-order valence-corrected chi connectivity index (χ3v) is 3.03. The molecule has 0 aliphatic rings. The number of ether oxygens (including phenoxy) is 1. The van der Waals surface area contributed by atoms with Crippen LogP contribution in [0.25, 0.3) is 0 Å². The number of alkyl carbamates (subject to hydrolysis) is 1. The normalized spacial score (nSPS) is 11.0. The van der Waals surface area contributed by atoms with Crippen molar-refractivity contribution in [3.8, 4) is 0 Å². The lowest BCUT2D eigenvalue weighted by molar-refractivity contribution is -0.129. The summed E-state index contributed by atoms with van der Waals surface area (Å²) in [6, 6.07) is 7.32. The van der Waals surface area contributed by atoms with Crippen LogP contribution in [-0.4, -0.2) is 35.6 Å². The van der Waals surface area contributed by atoms with Gasteiger partial charge in [0.05, 0.1) is 0 Å². The molecular weight excluding hydrogens is 304 g/mol. The van der Waals surface area contributed by atoms with Crippen molar-refractivity contribution in [3.63, 3.8) is 0 Å². The molecule has 0 spiro atoms. The number of carbonyl (C=O) groups is 2. The van der Waals surface area contributed by atoms with Crippen molar-refractivity contribution in [2.75, 3.05) is 13.1 Å². The Labute approximate surface area is 136 Å². The van der Waals surface area contributed by atoms with Crippen LogP contribution >= 0.6 is 11.6 Å². The van der Waals surface area contributed by atoms with E-state index in [1.54, 1.807) is 37.8 Å². The Morgan fingerprint density at radius 1 is 1.23 bits per heavy atom. The van der Waals surface area contributed by atoms with Gasteiger partial charge in [0.2, 0.25) is 5.91 Å². The van der Waals surface area contributed by atoms with Gasteiger partial charge in [-0.05, 0) is 38.5 Å². The second-order valence-corrected chi connectivity index (χ2v) is 6.43. The largest absolute Gasteiger partial charge is 0.444 e. The topological polar surface area (TPSA) is 58.6 Å². The molecule has 6 heteroatoms. The first kappa shape index (κ1) is 18.3. The molecule has 1 rings (SSSR count). The summed E-state index contributed by atoms with van der Waals surface area (Å²) in [5.41, 5.74) is 0.449. The average Bonchev–Trinajstić information content (AvgIpc) is 2.37. The van der Waals surface area contributed by atoms with Gasteiger partial charge in [0.15, 0.2) is 0 Å². The number of rotatable bonds is 5. The van der Waals surface area contributed by atoms with Gasteiger partial charge in [0.1, 0.15) is 5.60 Å². The standard InChI is InChI=1S/C16H23ClN2O3/c1-12(20)19(11-13-5-7-14(17)8-6-13)10-9-18-15(21)22-16(2,3)4/h5-8H,9-11H2,1-4H3,(H,18,21). The maximum atomic E-state index is 11.7. The minimum Gasteiger partial charge on any atom is -0.444 e. The van der Waals surface area contributed by atoms with Crippen LogP contribution in [0.3, 0.4) is 0 Å². The van der Waals surface area contributed by atoms with Crippen molar-refractivity contribution < 1.29 is 14.3 Å². The molecule has 5 nitrogen and oxygen atoms in total. The van der Waals surface area contributed by atoms with Crippen LogP contribution in [-0.2, 0) is 16.1 Å². The van der Waals surface area contributed by atoms with E-state index in [1.807, 2.05) is 12.1 Å². The molecule has 1 aromatic carbocycles. The highest BCUT2D eigenvalue weighted by Gasteiger charge is 2.16. The summed E-state index contributed by atoms with van der Waals surface area (Å²) in [5.74, 6) is -0.0547. The molecule has 0 fully saturated rings. The molecule has 122 valence electrons. The van der Waals surface area contributed by atoms with Crippen molar-refractivity contribution in [3.05, 3.63) is 34.9 Å². The van der Waals surface area contributed by atoms with Gasteiger partial charge in [-0.25, -0.2) is 4.79 Å². The molecule has 0 atom stereocenters. The lowest BCUT2D eigenvalue weighted by atomic mass is 10.2. The second-order valence-electron chi connectivity index (χ2n) is 6.00. The van der Waals surface area contributed by atoms with E-state index in [1.165, 1.54) is 6.92 Å². The molecule has 1 N–H and O–H groups in total. The number of amides is 2. The predicted octanol–water partition coefficient (Wildman–Crippen LogP) is 3.21. The van der Waals surface area contributed by atoms with Crippen molar-refractivity contribution >= 4 is 23.6 Å². The monoisotopic (exact) mass is 326 g/mol. The van der Waals surface area contributed by atoms with Crippen LogP contribution < -0.4 is 5.32 Å². The van der Waals surface area contributed by atoms with E-state index in [9.17, 15) is 9.59 Å². The first-order valence-corrected chi connectivity index (χ1v) is 7.52. The smallest absolute Gasteiger partial charge is 0.407 e. The molecule has 22 heavy (non-hydrogen) atoms. The minimum atomic E-state index is -0.534. The van der Waals surface area contributed by atoms with E-state index in [2.05, 4.69) is 5.32 Å². The summed E-state index contributed by atoms with van der Waals surface area (Å²) in [5, 5.41) is 3.30. The Bertz CT molecular complexity index is 509. The third-order valence-electron chi connectivity index (χ3n) is 2.78. The molecule has 1 aromatic rings. The van der Waals surface area contributed by atoms with Gasteiger partial charge in [-0.1, -0.05) is 23.7 Å². The van der Waals surface area contributed by atoms with Gasteiger partial charge in [0, 0.05) is 31.6 Å². The fraction of sp³-hybridized carbons (Fsp3) is 0.500. The summed E-state index contributed by atoms with van der Waals surface area (Å²) in [6.07, 6.45) is -0.484. The Kier molecular flexibility index (Phi) is 6.68. The van der Waals surface area contributed by atoms with Gasteiger partial charge in [-0.2, -0.15) is 0 Å². The summed E-state index contributed by atoms with van der Waals surface area (Å²) >= 11 is 5.84. The first-order valence-electron chi connectivity index (χ1n) is 7.14. The first-order chi connectivity index (χ1) is 10.2. The van der Waals surface area contributed by atoms with E-state index >= 15 is 0 Å². The van der Waals surface area contributed by atoms with Gasteiger partial charge in [0.25, 0.3) is 0 Å². The summed E-state index contributed by atoms with van der Waals surface area (Å²) < 4.78 is 5.14. The van der Waals surface area contributed by atoms with Gasteiger partial charge < -0.3 is 15.0 Å². The van der Waals surface area contributed by atoms with Crippen LogP contribution in [0.5, 0.6) is 0 Å². The molecule has 0 unspecified atom stereocenters. The highest BCUT2D eigenvalue weighted by atomic mass is 35.5. The van der Waals surface area contributed by atoms with E-state index in [4.69, 9.17) is 16.3 Å². The lowest BCUT2D eigenvalue weighted by Gasteiger charge is -2.23. The number of carbonyl (C=O) groups excluding carboxylic acids is 2. The van der Waals surface area contributed by atoms with E-state index in [-0.39, 0.29) is 5.91 Å². The number of hydrogen-bond donors (Lipinski definition) is 1. The second kappa shape index (κ2) is 8.03. The third kappa shape index (κ3) is 7.31. The number of hydrogen-bond acceptors (Lipinski definition) is 3. The molecule has 0 aliphatic carbocycles. The van der Waals surface area contributed by atoms with Gasteiger partial charge in [-0.15, -0.1) is 0 Å². The summed E-state index contributed by atoms with van der Waals surface area (Å²) in [4.78, 5) is 24.9. The Hall–Kier alpha value is -1.75. The van der Waals surface area contributed by atoms with E-state index in [0.717, 1.165) is 5.56 Å². The zero-order valence-corrected chi connectivity index (χ0v) is 14.2. The highest BCUT2D eigenvalue weighted by molar-refractivity contribution is 6.30. The molecule has 0 saturated carbocycles. The van der Waals surface area contributed by atoms with E-state index in [0.29, 0.717) is 24.7 Å². The summed E-state index contributed by atoms with van der Waals surface area (Å²) in [7, 11) is 0. The fourth-order valence-corrected chi connectivity index (χ4v) is 1.89. The molecule has 0 aromatic heterocycles. The van der Waals surface area contributed by atoms with E-state index < -0.39 is 11.7 Å². The highest BCUT2D eigenvalue weighted by Crippen LogP contribution is 2.11. The van der Waals surface area contributed by atoms with Gasteiger partial charge >= 0.3 is 6.09 Å². The number of halogens is 1. The quantitative estimate of drug-likeness (QED) is 0.903. The van der Waals surface area contributed by atoms with Crippen molar-refractivity contribution in [2.45, 2.75) is 39.8 Å². The summed E-state index contributed by atoms with van der Waals surface area (Å²) in [6.45, 7) is 8.13. The molecule has 0 aliphatic heterocycles. The number of nitrogens with zero attached hydrogens (tertiary/aromatic N) is 1. The molecule has 0 saturated heterocycles. The Morgan fingerprint density at radius 2 is 1.82 bits per heavy atom. The number of nitrogens with one attached hydrogen (secondary N) is 1. The van der Waals surface area contributed by atoms with Gasteiger partial charge in [-0.3, -0.25) is 4.79 Å². The fourth-order valence-electron chi connectivity index (χ4n) is 1.77. The molecular formula is C16H23ClN2O3. The molecule has 2 amide bonds. The lowest BCUT2D eigenvalue weighted by Crippen LogP contribution is -2.39. The maximum Gasteiger partial charge on any atom is 0.407 e. The van der Waals surface area contributed by atoms with Crippen LogP contribution in [0.15, 0.2) is 24.3 Å². The Balaban J connectivity index is 2.46. The van der Waals surface area contributed by atoms with Crippen LogP contribution in [0.1, 0.15) is 33.3 Å². The zero-order valence-electron chi connectivity index (χ0n) is 13.5. The van der Waals surface area contributed by atoms with Crippen molar-refractivity contribution in [1.82, 2.24) is 10.2 Å². The zero-order chi connectivity index (χ0) is 16.8. The average molecular weight is 327 g/mol. The maximum absolute atomic E-state index is 11.7. The van der Waals surface area contributed by atoms with Crippen LogP contribution in [0.2, 0.25) is 5.02 Å². The molecule has 0 bridgehead atoms. The minimum absolute atomic E-state index is 0.0547. The van der Waals surface area contributed by atoms with Crippen LogP contribution in [0.4, 0.5) is 4.79 Å². The number of benzene rings is 1. The predicted molar refractivity (Wildman–Crippen MR) is 86.8 cm³/mol. The van der Waals surface area contributed by atoms with Crippen molar-refractivity contribution in [1.29, 1.82) is 0 Å². The van der Waals surface area contributed by atoms with Crippen molar-refractivity contribution in [2.24, 2.45) is 0 Å². The Morgan fingerprint density at radius 3 is 2.32 bits per heavy atom.